The van der Waals surface area contributed by atoms with Gasteiger partial charge in [0.15, 0.2) is 4.71 Å². The van der Waals surface area contributed by atoms with E-state index in [4.69, 9.17) is 16.3 Å². The Balaban J connectivity index is 2.29. The summed E-state index contributed by atoms with van der Waals surface area (Å²) in [6, 6.07) is 0. The maximum atomic E-state index is 11.7. The molecule has 0 aromatic rings. The van der Waals surface area contributed by atoms with E-state index in [-0.39, 0.29) is 11.9 Å². The van der Waals surface area contributed by atoms with Gasteiger partial charge >= 0.3 is 5.97 Å². The summed E-state index contributed by atoms with van der Waals surface area (Å²) >= 11 is 7.11. The molecule has 88 valence electrons. The Hall–Kier alpha value is -0.680. The van der Waals surface area contributed by atoms with Crippen molar-refractivity contribution in [3.8, 4) is 0 Å². The first-order valence-corrected chi connectivity index (χ1v) is 6.49. The van der Waals surface area contributed by atoms with Crippen molar-refractivity contribution in [2.24, 2.45) is 0 Å². The third-order valence-corrected chi connectivity index (χ3v) is 4.06. The van der Waals surface area contributed by atoms with E-state index in [9.17, 15) is 9.59 Å². The molecule has 0 spiro atoms. The smallest absolute Gasteiger partial charge is 0.336 e. The number of carbonyl (C=O) groups is 2. The van der Waals surface area contributed by atoms with Crippen LogP contribution in [-0.4, -0.2) is 34.6 Å². The largest absolute Gasteiger partial charge is 0.463 e. The van der Waals surface area contributed by atoms with E-state index in [0.29, 0.717) is 30.2 Å². The molecular weight excluding hydrogens is 250 g/mol. The Morgan fingerprint density at radius 3 is 3.12 bits per heavy atom. The van der Waals surface area contributed by atoms with Crippen molar-refractivity contribution in [3.63, 3.8) is 0 Å². The number of alkyl halides is 1. The van der Waals surface area contributed by atoms with Gasteiger partial charge in [0.1, 0.15) is 0 Å². The lowest BCUT2D eigenvalue weighted by molar-refractivity contribution is -0.139. The van der Waals surface area contributed by atoms with Gasteiger partial charge in [-0.15, -0.1) is 0 Å². The zero-order chi connectivity index (χ0) is 11.7. The predicted octanol–water partition coefficient (Wildman–Crippen LogP) is 1.70. The van der Waals surface area contributed by atoms with Gasteiger partial charge in [0.05, 0.1) is 17.2 Å². The van der Waals surface area contributed by atoms with Gasteiger partial charge in [0.2, 0.25) is 0 Å². The molecule has 0 radical (unpaired) electrons. The molecule has 1 unspecified atom stereocenters. The summed E-state index contributed by atoms with van der Waals surface area (Å²) < 4.78 is 4.37. The monoisotopic (exact) mass is 261 g/mol. The number of thioether (sulfide) groups is 1. The SMILES string of the molecule is CCOC(=O)C1=C2SC(Cl)C(=O)N2CCC1. The fourth-order valence-corrected chi connectivity index (χ4v) is 3.24. The minimum Gasteiger partial charge on any atom is -0.463 e. The second-order valence-corrected chi connectivity index (χ2v) is 5.32. The zero-order valence-electron chi connectivity index (χ0n) is 8.86. The molecule has 2 heterocycles. The van der Waals surface area contributed by atoms with Crippen LogP contribution in [0.1, 0.15) is 19.8 Å². The van der Waals surface area contributed by atoms with Crippen molar-refractivity contribution < 1.29 is 14.3 Å². The van der Waals surface area contributed by atoms with Gasteiger partial charge < -0.3 is 9.64 Å². The number of hydrogen-bond acceptors (Lipinski definition) is 4. The van der Waals surface area contributed by atoms with Gasteiger partial charge in [-0.1, -0.05) is 23.4 Å². The summed E-state index contributed by atoms with van der Waals surface area (Å²) in [5, 5.41) is 0.690. The molecule has 0 aromatic carbocycles. The first-order chi connectivity index (χ1) is 7.65. The number of ether oxygens (including phenoxy) is 1. The van der Waals surface area contributed by atoms with Crippen LogP contribution in [0.2, 0.25) is 0 Å². The number of fused-ring (bicyclic) bond motifs is 1. The second kappa shape index (κ2) is 4.67. The number of carbonyl (C=O) groups excluding carboxylic acids is 2. The van der Waals surface area contributed by atoms with E-state index < -0.39 is 4.71 Å². The van der Waals surface area contributed by atoms with Crippen LogP contribution in [0.3, 0.4) is 0 Å². The minimum atomic E-state index is -0.600. The van der Waals surface area contributed by atoms with Gasteiger partial charge in [-0.05, 0) is 19.8 Å². The minimum absolute atomic E-state index is 0.122. The summed E-state index contributed by atoms with van der Waals surface area (Å²) in [6.45, 7) is 2.76. The molecule has 2 aliphatic rings. The van der Waals surface area contributed by atoms with Crippen LogP contribution in [-0.2, 0) is 14.3 Å². The summed E-state index contributed by atoms with van der Waals surface area (Å²) in [6.07, 6.45) is 1.45. The normalized spacial score (nSPS) is 24.8. The number of amides is 1. The number of esters is 1. The second-order valence-electron chi connectivity index (χ2n) is 3.53. The molecule has 1 atom stereocenters. The standard InChI is InChI=1S/C10H12ClNO3S/c1-2-15-10(14)6-4-3-5-12-8(13)7(11)16-9(6)12/h7H,2-5H2,1H3. The molecule has 2 aliphatic heterocycles. The summed E-state index contributed by atoms with van der Waals surface area (Å²) in [5.41, 5.74) is 0.592. The molecule has 6 heteroatoms. The number of halogens is 1. The van der Waals surface area contributed by atoms with Crippen LogP contribution >= 0.6 is 23.4 Å². The Morgan fingerprint density at radius 1 is 1.69 bits per heavy atom. The Labute approximate surface area is 103 Å². The topological polar surface area (TPSA) is 46.6 Å². The highest BCUT2D eigenvalue weighted by Crippen LogP contribution is 2.42. The van der Waals surface area contributed by atoms with Gasteiger partial charge in [0.25, 0.3) is 5.91 Å². The van der Waals surface area contributed by atoms with E-state index in [1.54, 1.807) is 11.8 Å². The summed E-state index contributed by atoms with van der Waals surface area (Å²) in [7, 11) is 0. The number of nitrogens with zero attached hydrogens (tertiary/aromatic N) is 1. The molecule has 0 bridgehead atoms. The molecule has 16 heavy (non-hydrogen) atoms. The molecule has 0 aromatic heterocycles. The summed E-state index contributed by atoms with van der Waals surface area (Å²) in [4.78, 5) is 24.9. The Morgan fingerprint density at radius 2 is 2.44 bits per heavy atom. The van der Waals surface area contributed by atoms with Gasteiger partial charge in [-0.3, -0.25) is 4.79 Å². The highest BCUT2D eigenvalue weighted by Gasteiger charge is 2.40. The molecule has 4 nitrogen and oxygen atoms in total. The Bertz CT molecular complexity index is 369. The van der Waals surface area contributed by atoms with Gasteiger partial charge in [-0.2, -0.15) is 0 Å². The van der Waals surface area contributed by atoms with E-state index in [2.05, 4.69) is 0 Å². The molecule has 1 saturated heterocycles. The lowest BCUT2D eigenvalue weighted by Crippen LogP contribution is -2.32. The van der Waals surface area contributed by atoms with E-state index in [1.807, 2.05) is 0 Å². The quantitative estimate of drug-likeness (QED) is 0.561. The van der Waals surface area contributed by atoms with E-state index >= 15 is 0 Å². The molecular formula is C10H12ClNO3S. The van der Waals surface area contributed by atoms with E-state index in [0.717, 1.165) is 6.42 Å². The third-order valence-electron chi connectivity index (χ3n) is 2.51. The highest BCUT2D eigenvalue weighted by atomic mass is 35.5. The zero-order valence-corrected chi connectivity index (χ0v) is 10.4. The average molecular weight is 262 g/mol. The van der Waals surface area contributed by atoms with Gasteiger partial charge in [-0.25, -0.2) is 4.79 Å². The molecule has 0 N–H and O–H groups in total. The lowest BCUT2D eigenvalue weighted by Gasteiger charge is -2.24. The van der Waals surface area contributed by atoms with Crippen LogP contribution in [0.4, 0.5) is 0 Å². The van der Waals surface area contributed by atoms with Crippen molar-refractivity contribution in [3.05, 3.63) is 10.6 Å². The lowest BCUT2D eigenvalue weighted by atomic mass is 10.1. The molecule has 0 saturated carbocycles. The van der Waals surface area contributed by atoms with Crippen LogP contribution in [0.5, 0.6) is 0 Å². The molecule has 1 amide bonds. The predicted molar refractivity (Wildman–Crippen MR) is 61.8 cm³/mol. The van der Waals surface area contributed by atoms with Crippen molar-refractivity contribution in [1.82, 2.24) is 4.90 Å². The molecule has 2 rings (SSSR count). The van der Waals surface area contributed by atoms with Crippen LogP contribution in [0, 0.1) is 0 Å². The number of hydrogen-bond donors (Lipinski definition) is 0. The fraction of sp³-hybridized carbons (Fsp3) is 0.600. The fourth-order valence-electron chi connectivity index (χ4n) is 1.81. The van der Waals surface area contributed by atoms with Crippen molar-refractivity contribution in [2.45, 2.75) is 24.5 Å². The summed E-state index contributed by atoms with van der Waals surface area (Å²) in [5.74, 6) is -0.448. The van der Waals surface area contributed by atoms with Crippen molar-refractivity contribution in [2.75, 3.05) is 13.2 Å². The van der Waals surface area contributed by atoms with Crippen LogP contribution < -0.4 is 0 Å². The third kappa shape index (κ3) is 1.94. The average Bonchev–Trinajstić information content (AvgIpc) is 2.55. The van der Waals surface area contributed by atoms with E-state index in [1.165, 1.54) is 11.8 Å². The highest BCUT2D eigenvalue weighted by molar-refractivity contribution is 8.06. The Kier molecular flexibility index (Phi) is 3.44. The first kappa shape index (κ1) is 11.8. The molecule has 1 fully saturated rings. The maximum Gasteiger partial charge on any atom is 0.336 e. The maximum absolute atomic E-state index is 11.7. The van der Waals surface area contributed by atoms with Crippen molar-refractivity contribution >= 4 is 35.2 Å². The van der Waals surface area contributed by atoms with Crippen molar-refractivity contribution in [1.29, 1.82) is 0 Å². The molecule has 0 aliphatic carbocycles. The van der Waals surface area contributed by atoms with Crippen LogP contribution in [0.15, 0.2) is 10.6 Å². The van der Waals surface area contributed by atoms with Crippen LogP contribution in [0.25, 0.3) is 0 Å². The number of rotatable bonds is 2. The first-order valence-electron chi connectivity index (χ1n) is 5.17. The van der Waals surface area contributed by atoms with Gasteiger partial charge in [0, 0.05) is 6.54 Å².